The molecule has 0 unspecified atom stereocenters. The van der Waals surface area contributed by atoms with Gasteiger partial charge in [0.05, 0.1) is 24.2 Å². The molecule has 1 amide bonds. The van der Waals surface area contributed by atoms with E-state index in [0.29, 0.717) is 23.4 Å². The van der Waals surface area contributed by atoms with Gasteiger partial charge in [-0.25, -0.2) is 9.48 Å². The number of ether oxygens (including phenoxy) is 1. The van der Waals surface area contributed by atoms with Crippen LogP contribution in [0.4, 0.5) is 5.69 Å². The van der Waals surface area contributed by atoms with Crippen LogP contribution in [0.2, 0.25) is 0 Å². The maximum absolute atomic E-state index is 12.7. The number of esters is 1. The fourth-order valence-electron chi connectivity index (χ4n) is 3.40. The van der Waals surface area contributed by atoms with Crippen molar-refractivity contribution in [3.63, 3.8) is 0 Å². The zero-order valence-electron chi connectivity index (χ0n) is 17.4. The van der Waals surface area contributed by atoms with Crippen molar-refractivity contribution in [3.05, 3.63) is 76.1 Å². The molecule has 6 heteroatoms. The quantitative estimate of drug-likeness (QED) is 0.648. The Morgan fingerprint density at radius 2 is 1.66 bits per heavy atom. The molecule has 0 saturated heterocycles. The molecule has 3 rings (SSSR count). The first-order chi connectivity index (χ1) is 13.8. The van der Waals surface area contributed by atoms with Gasteiger partial charge in [-0.05, 0) is 70.0 Å². The molecule has 0 aliphatic carbocycles. The number of nitrogens with zero attached hydrogens (tertiary/aromatic N) is 2. The van der Waals surface area contributed by atoms with Crippen LogP contribution < -0.4 is 5.32 Å². The third-order valence-corrected chi connectivity index (χ3v) is 4.79. The molecule has 1 heterocycles. The minimum atomic E-state index is -0.393. The van der Waals surface area contributed by atoms with Gasteiger partial charge in [0.1, 0.15) is 5.56 Å². The molecule has 2 aromatic carbocycles. The SMILES string of the molecule is CCOC(=O)c1cnn(-c2ccc(C(=O)Nc3c(C)cc(C)cc3C)cc2)c1C. The van der Waals surface area contributed by atoms with E-state index in [1.807, 2.05) is 39.8 Å². The molecule has 0 aliphatic heterocycles. The van der Waals surface area contributed by atoms with Crippen molar-refractivity contribution in [3.8, 4) is 5.69 Å². The number of aromatic nitrogens is 2. The lowest BCUT2D eigenvalue weighted by Crippen LogP contribution is -2.14. The van der Waals surface area contributed by atoms with Crippen LogP contribution in [0.25, 0.3) is 5.69 Å². The number of rotatable bonds is 5. The molecule has 0 fully saturated rings. The summed E-state index contributed by atoms with van der Waals surface area (Å²) in [7, 11) is 0. The maximum Gasteiger partial charge on any atom is 0.341 e. The molecule has 3 aromatic rings. The smallest absolute Gasteiger partial charge is 0.341 e. The lowest BCUT2D eigenvalue weighted by molar-refractivity contribution is 0.0525. The van der Waals surface area contributed by atoms with Gasteiger partial charge in [-0.3, -0.25) is 4.79 Å². The van der Waals surface area contributed by atoms with E-state index in [1.165, 1.54) is 11.8 Å². The molecule has 0 spiro atoms. The van der Waals surface area contributed by atoms with Crippen LogP contribution in [0.5, 0.6) is 0 Å². The second kappa shape index (κ2) is 8.31. The number of benzene rings is 2. The summed E-state index contributed by atoms with van der Waals surface area (Å²) in [6.07, 6.45) is 1.50. The summed E-state index contributed by atoms with van der Waals surface area (Å²) in [6, 6.07) is 11.2. The van der Waals surface area contributed by atoms with E-state index in [2.05, 4.69) is 10.4 Å². The maximum atomic E-state index is 12.7. The van der Waals surface area contributed by atoms with E-state index in [0.717, 1.165) is 22.5 Å². The normalized spacial score (nSPS) is 10.7. The van der Waals surface area contributed by atoms with E-state index in [-0.39, 0.29) is 5.91 Å². The Bertz CT molecular complexity index is 1040. The molecule has 0 radical (unpaired) electrons. The summed E-state index contributed by atoms with van der Waals surface area (Å²) >= 11 is 0. The Morgan fingerprint density at radius 3 is 2.24 bits per heavy atom. The summed E-state index contributed by atoms with van der Waals surface area (Å²) in [5, 5.41) is 7.28. The highest BCUT2D eigenvalue weighted by atomic mass is 16.5. The van der Waals surface area contributed by atoms with Gasteiger partial charge in [-0.1, -0.05) is 17.7 Å². The Balaban J connectivity index is 1.81. The van der Waals surface area contributed by atoms with Crippen LogP contribution in [-0.2, 0) is 4.74 Å². The number of hydrogen-bond donors (Lipinski definition) is 1. The molecule has 6 nitrogen and oxygen atoms in total. The lowest BCUT2D eigenvalue weighted by Gasteiger charge is -2.13. The molecule has 1 aromatic heterocycles. The largest absolute Gasteiger partial charge is 0.462 e. The number of carbonyl (C=O) groups excluding carboxylic acids is 2. The summed E-state index contributed by atoms with van der Waals surface area (Å²) in [5.41, 5.74) is 6.49. The van der Waals surface area contributed by atoms with Gasteiger partial charge in [0, 0.05) is 11.3 Å². The average Bonchev–Trinajstić information content (AvgIpc) is 3.06. The Kier molecular flexibility index (Phi) is 5.82. The van der Waals surface area contributed by atoms with Crippen molar-refractivity contribution in [1.29, 1.82) is 0 Å². The zero-order valence-corrected chi connectivity index (χ0v) is 17.4. The lowest BCUT2D eigenvalue weighted by atomic mass is 10.0. The molecule has 0 atom stereocenters. The number of hydrogen-bond acceptors (Lipinski definition) is 4. The van der Waals surface area contributed by atoms with Crippen molar-refractivity contribution in [1.82, 2.24) is 9.78 Å². The standard InChI is InChI=1S/C23H25N3O3/c1-6-29-23(28)20-13-24-26(17(20)5)19-9-7-18(8-10-19)22(27)25-21-15(3)11-14(2)12-16(21)4/h7-13H,6H2,1-5H3,(H,25,27). The van der Waals surface area contributed by atoms with Gasteiger partial charge in [-0.2, -0.15) is 5.10 Å². The van der Waals surface area contributed by atoms with Crippen molar-refractivity contribution >= 4 is 17.6 Å². The molecule has 29 heavy (non-hydrogen) atoms. The van der Waals surface area contributed by atoms with Crippen molar-refractivity contribution < 1.29 is 14.3 Å². The Morgan fingerprint density at radius 1 is 1.03 bits per heavy atom. The van der Waals surface area contributed by atoms with E-state index < -0.39 is 5.97 Å². The first kappa shape index (κ1) is 20.3. The number of amides is 1. The van der Waals surface area contributed by atoms with Gasteiger partial charge in [0.25, 0.3) is 5.91 Å². The van der Waals surface area contributed by atoms with Crippen LogP contribution in [0.15, 0.2) is 42.6 Å². The van der Waals surface area contributed by atoms with Crippen molar-refractivity contribution in [2.24, 2.45) is 0 Å². The first-order valence-corrected chi connectivity index (χ1v) is 9.53. The summed E-state index contributed by atoms with van der Waals surface area (Å²) in [4.78, 5) is 24.7. The minimum absolute atomic E-state index is 0.170. The zero-order chi connectivity index (χ0) is 21.1. The average molecular weight is 391 g/mol. The third-order valence-electron chi connectivity index (χ3n) is 4.79. The van der Waals surface area contributed by atoms with Gasteiger partial charge >= 0.3 is 5.97 Å². The molecule has 0 saturated carbocycles. The molecule has 0 bridgehead atoms. The van der Waals surface area contributed by atoms with Crippen LogP contribution in [0.1, 0.15) is 50.0 Å². The van der Waals surface area contributed by atoms with Gasteiger partial charge in [0.15, 0.2) is 0 Å². The Labute approximate surface area is 170 Å². The highest BCUT2D eigenvalue weighted by molar-refractivity contribution is 6.05. The van der Waals surface area contributed by atoms with Crippen LogP contribution in [0.3, 0.4) is 0 Å². The number of aryl methyl sites for hydroxylation is 3. The number of anilines is 1. The number of carbonyl (C=O) groups is 2. The minimum Gasteiger partial charge on any atom is -0.462 e. The van der Waals surface area contributed by atoms with Crippen molar-refractivity contribution in [2.75, 3.05) is 11.9 Å². The van der Waals surface area contributed by atoms with E-state index in [9.17, 15) is 9.59 Å². The summed E-state index contributed by atoms with van der Waals surface area (Å²) < 4.78 is 6.70. The molecule has 1 N–H and O–H groups in total. The van der Waals surface area contributed by atoms with E-state index in [4.69, 9.17) is 4.74 Å². The highest BCUT2D eigenvalue weighted by Crippen LogP contribution is 2.23. The topological polar surface area (TPSA) is 73.2 Å². The molecular weight excluding hydrogens is 366 g/mol. The molecule has 150 valence electrons. The second-order valence-electron chi connectivity index (χ2n) is 7.05. The van der Waals surface area contributed by atoms with Gasteiger partial charge in [-0.15, -0.1) is 0 Å². The fraction of sp³-hybridized carbons (Fsp3) is 0.261. The van der Waals surface area contributed by atoms with E-state index in [1.54, 1.807) is 35.9 Å². The molecular formula is C23H25N3O3. The second-order valence-corrected chi connectivity index (χ2v) is 7.05. The van der Waals surface area contributed by atoms with E-state index >= 15 is 0 Å². The van der Waals surface area contributed by atoms with Gasteiger partial charge in [0.2, 0.25) is 0 Å². The fourth-order valence-corrected chi connectivity index (χ4v) is 3.40. The van der Waals surface area contributed by atoms with Crippen LogP contribution in [0, 0.1) is 27.7 Å². The number of nitrogens with one attached hydrogen (secondary N) is 1. The van der Waals surface area contributed by atoms with Gasteiger partial charge < -0.3 is 10.1 Å². The Hall–Kier alpha value is -3.41. The summed E-state index contributed by atoms with van der Waals surface area (Å²) in [6.45, 7) is 9.90. The first-order valence-electron chi connectivity index (χ1n) is 9.53. The highest BCUT2D eigenvalue weighted by Gasteiger charge is 2.16. The van der Waals surface area contributed by atoms with Crippen LogP contribution in [-0.4, -0.2) is 28.3 Å². The van der Waals surface area contributed by atoms with Crippen LogP contribution >= 0.6 is 0 Å². The monoisotopic (exact) mass is 391 g/mol. The van der Waals surface area contributed by atoms with Crippen molar-refractivity contribution in [2.45, 2.75) is 34.6 Å². The molecule has 0 aliphatic rings. The third kappa shape index (κ3) is 4.21. The predicted octanol–water partition coefficient (Wildman–Crippen LogP) is 4.53. The summed E-state index contributed by atoms with van der Waals surface area (Å²) in [5.74, 6) is -0.563. The predicted molar refractivity (Wildman–Crippen MR) is 113 cm³/mol.